The van der Waals surface area contributed by atoms with E-state index in [1.54, 1.807) is 0 Å². The lowest BCUT2D eigenvalue weighted by molar-refractivity contribution is 0.0909. The largest absolute Gasteiger partial charge is 0.349 e. The van der Waals surface area contributed by atoms with Crippen molar-refractivity contribution in [2.75, 3.05) is 0 Å². The summed E-state index contributed by atoms with van der Waals surface area (Å²) < 4.78 is 0. The zero-order chi connectivity index (χ0) is 12.3. The van der Waals surface area contributed by atoms with Gasteiger partial charge in [-0.15, -0.1) is 0 Å². The van der Waals surface area contributed by atoms with Crippen LogP contribution in [0.5, 0.6) is 0 Å². The molecule has 1 aromatic rings. The molecule has 2 rings (SSSR count). The standard InChI is InChI=1S/C14H20N2O/c1-10(12-3-2-4-12)16-14(17)13-7-5-11(9-15)6-8-13/h5-8,10,12H,2-4,9,15H2,1H3,(H,16,17). The fourth-order valence-corrected chi connectivity index (χ4v) is 2.14. The number of nitrogens with one attached hydrogen (secondary N) is 1. The van der Waals surface area contributed by atoms with Gasteiger partial charge in [-0.05, 0) is 43.4 Å². The Morgan fingerprint density at radius 1 is 1.41 bits per heavy atom. The molecule has 0 saturated heterocycles. The molecule has 17 heavy (non-hydrogen) atoms. The Bertz CT molecular complexity index is 382. The minimum Gasteiger partial charge on any atom is -0.349 e. The fourth-order valence-electron chi connectivity index (χ4n) is 2.14. The van der Waals surface area contributed by atoms with E-state index in [1.165, 1.54) is 19.3 Å². The van der Waals surface area contributed by atoms with Gasteiger partial charge in [0.2, 0.25) is 0 Å². The van der Waals surface area contributed by atoms with E-state index in [0.29, 0.717) is 18.0 Å². The third kappa shape index (κ3) is 2.86. The van der Waals surface area contributed by atoms with Gasteiger partial charge in [0.05, 0.1) is 0 Å². The molecule has 0 aliphatic heterocycles. The maximum absolute atomic E-state index is 12.0. The fraction of sp³-hybridized carbons (Fsp3) is 0.500. The van der Waals surface area contributed by atoms with Gasteiger partial charge in [0, 0.05) is 18.2 Å². The molecular formula is C14H20N2O. The van der Waals surface area contributed by atoms with Crippen LogP contribution in [-0.2, 0) is 6.54 Å². The first kappa shape index (κ1) is 12.1. The monoisotopic (exact) mass is 232 g/mol. The van der Waals surface area contributed by atoms with Crippen LogP contribution in [0.2, 0.25) is 0 Å². The van der Waals surface area contributed by atoms with Crippen molar-refractivity contribution >= 4 is 5.91 Å². The maximum atomic E-state index is 12.0. The summed E-state index contributed by atoms with van der Waals surface area (Å²) >= 11 is 0. The molecule has 1 unspecified atom stereocenters. The summed E-state index contributed by atoms with van der Waals surface area (Å²) in [4.78, 5) is 12.0. The number of amides is 1. The van der Waals surface area contributed by atoms with Crippen LogP contribution in [0, 0.1) is 5.92 Å². The number of benzene rings is 1. The number of carbonyl (C=O) groups is 1. The second-order valence-electron chi connectivity index (χ2n) is 4.85. The van der Waals surface area contributed by atoms with E-state index in [4.69, 9.17) is 5.73 Å². The van der Waals surface area contributed by atoms with Crippen molar-refractivity contribution in [2.24, 2.45) is 11.7 Å². The lowest BCUT2D eigenvalue weighted by Crippen LogP contribution is -2.40. The van der Waals surface area contributed by atoms with Crippen molar-refractivity contribution in [2.45, 2.75) is 38.8 Å². The van der Waals surface area contributed by atoms with Crippen LogP contribution >= 0.6 is 0 Å². The Morgan fingerprint density at radius 2 is 2.06 bits per heavy atom. The number of rotatable bonds is 4. The Hall–Kier alpha value is -1.35. The van der Waals surface area contributed by atoms with Gasteiger partial charge in [-0.1, -0.05) is 18.6 Å². The molecule has 0 heterocycles. The van der Waals surface area contributed by atoms with Crippen LogP contribution in [0.1, 0.15) is 42.1 Å². The third-order valence-electron chi connectivity index (χ3n) is 3.67. The number of nitrogens with two attached hydrogens (primary N) is 1. The topological polar surface area (TPSA) is 55.1 Å². The van der Waals surface area contributed by atoms with Crippen molar-refractivity contribution in [1.82, 2.24) is 5.32 Å². The summed E-state index contributed by atoms with van der Waals surface area (Å²) in [6, 6.07) is 7.77. The van der Waals surface area contributed by atoms with Crippen molar-refractivity contribution in [3.63, 3.8) is 0 Å². The molecule has 1 aliphatic carbocycles. The molecule has 3 heteroatoms. The average Bonchev–Trinajstić information content (AvgIpc) is 2.26. The highest BCUT2D eigenvalue weighted by molar-refractivity contribution is 5.94. The molecule has 0 aromatic heterocycles. The summed E-state index contributed by atoms with van der Waals surface area (Å²) in [6.45, 7) is 2.61. The predicted octanol–water partition coefficient (Wildman–Crippen LogP) is 2.06. The van der Waals surface area contributed by atoms with Gasteiger partial charge in [0.25, 0.3) is 5.91 Å². The third-order valence-corrected chi connectivity index (χ3v) is 3.67. The zero-order valence-electron chi connectivity index (χ0n) is 10.3. The number of hydrogen-bond donors (Lipinski definition) is 2. The molecule has 1 fully saturated rings. The molecular weight excluding hydrogens is 212 g/mol. The van der Waals surface area contributed by atoms with E-state index >= 15 is 0 Å². The average molecular weight is 232 g/mol. The highest BCUT2D eigenvalue weighted by atomic mass is 16.1. The van der Waals surface area contributed by atoms with E-state index in [2.05, 4.69) is 12.2 Å². The van der Waals surface area contributed by atoms with E-state index < -0.39 is 0 Å². The lowest BCUT2D eigenvalue weighted by Gasteiger charge is -2.31. The van der Waals surface area contributed by atoms with Gasteiger partial charge in [0.15, 0.2) is 0 Å². The van der Waals surface area contributed by atoms with E-state index in [1.807, 2.05) is 24.3 Å². The molecule has 0 bridgehead atoms. The molecule has 0 radical (unpaired) electrons. The van der Waals surface area contributed by atoms with Crippen LogP contribution in [0.25, 0.3) is 0 Å². The Morgan fingerprint density at radius 3 is 2.53 bits per heavy atom. The van der Waals surface area contributed by atoms with Crippen molar-refractivity contribution in [3.8, 4) is 0 Å². The summed E-state index contributed by atoms with van der Waals surface area (Å²) in [7, 11) is 0. The molecule has 1 aromatic carbocycles. The summed E-state index contributed by atoms with van der Waals surface area (Å²) in [5.41, 5.74) is 7.29. The molecule has 3 N–H and O–H groups in total. The smallest absolute Gasteiger partial charge is 0.251 e. The summed E-state index contributed by atoms with van der Waals surface area (Å²) in [6.07, 6.45) is 3.79. The van der Waals surface area contributed by atoms with Gasteiger partial charge in [0.1, 0.15) is 0 Å². The maximum Gasteiger partial charge on any atom is 0.251 e. The van der Waals surface area contributed by atoms with Crippen LogP contribution in [-0.4, -0.2) is 11.9 Å². The van der Waals surface area contributed by atoms with Crippen LogP contribution in [0.15, 0.2) is 24.3 Å². The molecule has 1 aliphatic rings. The number of carbonyl (C=O) groups excluding carboxylic acids is 1. The first-order valence-corrected chi connectivity index (χ1v) is 6.30. The van der Waals surface area contributed by atoms with E-state index in [0.717, 1.165) is 5.56 Å². The highest BCUT2D eigenvalue weighted by Crippen LogP contribution is 2.29. The molecule has 1 atom stereocenters. The van der Waals surface area contributed by atoms with E-state index in [-0.39, 0.29) is 11.9 Å². The minimum atomic E-state index is 0.0213. The second-order valence-corrected chi connectivity index (χ2v) is 4.85. The normalized spacial score (nSPS) is 17.3. The van der Waals surface area contributed by atoms with Crippen molar-refractivity contribution in [1.29, 1.82) is 0 Å². The quantitative estimate of drug-likeness (QED) is 0.835. The number of hydrogen-bond acceptors (Lipinski definition) is 2. The van der Waals surface area contributed by atoms with Crippen LogP contribution in [0.4, 0.5) is 0 Å². The summed E-state index contributed by atoms with van der Waals surface area (Å²) in [5, 5.41) is 3.07. The zero-order valence-corrected chi connectivity index (χ0v) is 10.3. The Labute approximate surface area is 102 Å². The minimum absolute atomic E-state index is 0.0213. The van der Waals surface area contributed by atoms with Gasteiger partial charge < -0.3 is 11.1 Å². The highest BCUT2D eigenvalue weighted by Gasteiger charge is 2.25. The SMILES string of the molecule is CC(NC(=O)c1ccc(CN)cc1)C1CCC1. The molecule has 3 nitrogen and oxygen atoms in total. The van der Waals surface area contributed by atoms with Crippen LogP contribution in [0.3, 0.4) is 0 Å². The molecule has 92 valence electrons. The first-order valence-electron chi connectivity index (χ1n) is 6.30. The lowest BCUT2D eigenvalue weighted by atomic mass is 9.80. The van der Waals surface area contributed by atoms with Gasteiger partial charge >= 0.3 is 0 Å². The predicted molar refractivity (Wildman–Crippen MR) is 68.6 cm³/mol. The summed E-state index contributed by atoms with van der Waals surface area (Å²) in [5.74, 6) is 0.690. The molecule has 0 spiro atoms. The Kier molecular flexibility index (Phi) is 3.79. The van der Waals surface area contributed by atoms with E-state index in [9.17, 15) is 4.79 Å². The van der Waals surface area contributed by atoms with Gasteiger partial charge in [-0.25, -0.2) is 0 Å². The molecule has 1 amide bonds. The van der Waals surface area contributed by atoms with Gasteiger partial charge in [-0.3, -0.25) is 4.79 Å². The van der Waals surface area contributed by atoms with Crippen molar-refractivity contribution < 1.29 is 4.79 Å². The van der Waals surface area contributed by atoms with Gasteiger partial charge in [-0.2, -0.15) is 0 Å². The van der Waals surface area contributed by atoms with Crippen LogP contribution < -0.4 is 11.1 Å². The Balaban J connectivity index is 1.93. The second kappa shape index (κ2) is 5.32. The van der Waals surface area contributed by atoms with Crippen molar-refractivity contribution in [3.05, 3.63) is 35.4 Å². The first-order chi connectivity index (χ1) is 8.20. The molecule has 1 saturated carbocycles.